The van der Waals surface area contributed by atoms with Crippen LogP contribution in [0.1, 0.15) is 29.6 Å². The van der Waals surface area contributed by atoms with Crippen molar-refractivity contribution in [1.82, 2.24) is 10.3 Å². The maximum Gasteiger partial charge on any atom is 0.251 e. The Labute approximate surface area is 111 Å². The van der Waals surface area contributed by atoms with Crippen LogP contribution in [-0.2, 0) is 0 Å². The second-order valence-electron chi connectivity index (χ2n) is 5.55. The summed E-state index contributed by atoms with van der Waals surface area (Å²) in [7, 11) is 0. The van der Waals surface area contributed by atoms with Crippen molar-refractivity contribution in [2.24, 2.45) is 17.8 Å². The zero-order chi connectivity index (χ0) is 13.4. The molecule has 19 heavy (non-hydrogen) atoms. The van der Waals surface area contributed by atoms with Crippen molar-refractivity contribution in [2.45, 2.75) is 25.3 Å². The number of halogens is 1. The Kier molecular flexibility index (Phi) is 3.22. The number of carbonyl (C=O) groups is 1. The number of hydrogen-bond donors (Lipinski definition) is 2. The van der Waals surface area contributed by atoms with Crippen molar-refractivity contribution < 1.29 is 14.3 Å². The highest BCUT2D eigenvalue weighted by Gasteiger charge is 2.47. The lowest BCUT2D eigenvalue weighted by atomic mass is 9.85. The lowest BCUT2D eigenvalue weighted by Crippen LogP contribution is -2.45. The number of fused-ring (bicyclic) bond motifs is 2. The summed E-state index contributed by atoms with van der Waals surface area (Å²) in [6, 6.07) is 2.66. The molecule has 4 nitrogen and oxygen atoms in total. The van der Waals surface area contributed by atoms with Gasteiger partial charge in [0.1, 0.15) is 0 Å². The summed E-state index contributed by atoms with van der Waals surface area (Å²) in [5.41, 5.74) is 0.284. The quantitative estimate of drug-likeness (QED) is 0.810. The number of nitrogens with zero attached hydrogens (tertiary/aromatic N) is 1. The molecule has 2 bridgehead atoms. The highest BCUT2D eigenvalue weighted by atomic mass is 19.1. The van der Waals surface area contributed by atoms with E-state index in [0.717, 1.165) is 25.3 Å². The number of aliphatic hydroxyl groups is 1. The van der Waals surface area contributed by atoms with Gasteiger partial charge in [0.25, 0.3) is 5.91 Å². The van der Waals surface area contributed by atoms with Crippen LogP contribution < -0.4 is 5.32 Å². The fourth-order valence-electron chi connectivity index (χ4n) is 3.68. The van der Waals surface area contributed by atoms with Crippen molar-refractivity contribution >= 4 is 5.91 Å². The van der Waals surface area contributed by atoms with E-state index >= 15 is 0 Å². The van der Waals surface area contributed by atoms with Crippen LogP contribution in [0.4, 0.5) is 4.39 Å². The molecule has 5 heteroatoms. The number of carbonyl (C=O) groups excluding carboxylic acids is 1. The smallest absolute Gasteiger partial charge is 0.251 e. The highest BCUT2D eigenvalue weighted by Crippen LogP contribution is 2.48. The first-order valence-electron chi connectivity index (χ1n) is 6.72. The van der Waals surface area contributed by atoms with Gasteiger partial charge in [0.2, 0.25) is 5.95 Å². The summed E-state index contributed by atoms with van der Waals surface area (Å²) < 4.78 is 13.0. The Morgan fingerprint density at radius 1 is 1.47 bits per heavy atom. The van der Waals surface area contributed by atoms with E-state index in [2.05, 4.69) is 10.3 Å². The minimum absolute atomic E-state index is 0.0208. The molecule has 0 saturated heterocycles. The average molecular weight is 264 g/mol. The minimum Gasteiger partial charge on any atom is -0.396 e. The number of aliphatic hydroxyl groups excluding tert-OH is 1. The summed E-state index contributed by atoms with van der Waals surface area (Å²) in [5, 5.41) is 12.4. The first-order chi connectivity index (χ1) is 9.19. The Morgan fingerprint density at radius 2 is 2.26 bits per heavy atom. The SMILES string of the molecule is O=C(NC1C2CCC(C2)C1CO)c1ccnc(F)c1. The number of amides is 1. The molecule has 1 heterocycles. The number of pyridine rings is 1. The van der Waals surface area contributed by atoms with E-state index in [1.165, 1.54) is 12.3 Å². The van der Waals surface area contributed by atoms with Gasteiger partial charge < -0.3 is 10.4 Å². The Hall–Kier alpha value is -1.49. The largest absolute Gasteiger partial charge is 0.396 e. The molecular weight excluding hydrogens is 247 g/mol. The molecule has 2 aliphatic rings. The molecule has 3 rings (SSSR count). The fraction of sp³-hybridized carbons (Fsp3) is 0.571. The summed E-state index contributed by atoms with van der Waals surface area (Å²) in [6.45, 7) is 0.108. The molecule has 2 saturated carbocycles. The van der Waals surface area contributed by atoms with Gasteiger partial charge >= 0.3 is 0 Å². The second kappa shape index (κ2) is 4.89. The van der Waals surface area contributed by atoms with E-state index in [4.69, 9.17) is 0 Å². The molecular formula is C14H17FN2O2. The third kappa shape index (κ3) is 2.23. The van der Waals surface area contributed by atoms with E-state index in [1.54, 1.807) is 0 Å². The maximum absolute atomic E-state index is 13.0. The summed E-state index contributed by atoms with van der Waals surface area (Å²) in [5.74, 6) is 0.193. The molecule has 4 atom stereocenters. The van der Waals surface area contributed by atoms with Crippen LogP contribution in [0.2, 0.25) is 0 Å². The van der Waals surface area contributed by atoms with Crippen molar-refractivity contribution in [2.75, 3.05) is 6.61 Å². The first kappa shape index (κ1) is 12.5. The molecule has 2 aliphatic carbocycles. The van der Waals surface area contributed by atoms with Gasteiger partial charge in [-0.15, -0.1) is 0 Å². The lowest BCUT2D eigenvalue weighted by Gasteiger charge is -2.30. The Balaban J connectivity index is 1.73. The first-order valence-corrected chi connectivity index (χ1v) is 6.72. The van der Waals surface area contributed by atoms with Crippen molar-refractivity contribution in [3.63, 3.8) is 0 Å². The van der Waals surface area contributed by atoms with Crippen molar-refractivity contribution in [1.29, 1.82) is 0 Å². The van der Waals surface area contributed by atoms with Crippen LogP contribution in [-0.4, -0.2) is 28.6 Å². The molecule has 102 valence electrons. The number of hydrogen-bond acceptors (Lipinski definition) is 3. The van der Waals surface area contributed by atoms with Crippen molar-refractivity contribution in [3.05, 3.63) is 29.8 Å². The van der Waals surface area contributed by atoms with Crippen LogP contribution in [0.25, 0.3) is 0 Å². The highest BCUT2D eigenvalue weighted by molar-refractivity contribution is 5.94. The molecule has 4 unspecified atom stereocenters. The molecule has 0 aromatic carbocycles. The van der Waals surface area contributed by atoms with Gasteiger partial charge in [-0.1, -0.05) is 0 Å². The van der Waals surface area contributed by atoms with Gasteiger partial charge in [0, 0.05) is 36.4 Å². The second-order valence-corrected chi connectivity index (χ2v) is 5.55. The molecule has 0 spiro atoms. The standard InChI is InChI=1S/C14H17FN2O2/c15-12-6-10(3-4-16-12)14(19)17-13-9-2-1-8(5-9)11(13)7-18/h3-4,6,8-9,11,13,18H,1-2,5,7H2,(H,17,19). The van der Waals surface area contributed by atoms with Crippen LogP contribution in [0.15, 0.2) is 18.3 Å². The zero-order valence-corrected chi connectivity index (χ0v) is 10.6. The van der Waals surface area contributed by atoms with E-state index in [-0.39, 0.29) is 30.0 Å². The van der Waals surface area contributed by atoms with Crippen LogP contribution in [0, 0.1) is 23.7 Å². The lowest BCUT2D eigenvalue weighted by molar-refractivity contribution is 0.0861. The summed E-state index contributed by atoms with van der Waals surface area (Å²) in [6.07, 6.45) is 4.62. The van der Waals surface area contributed by atoms with Crippen LogP contribution in [0.5, 0.6) is 0 Å². The van der Waals surface area contributed by atoms with Crippen molar-refractivity contribution in [3.8, 4) is 0 Å². The molecule has 2 N–H and O–H groups in total. The van der Waals surface area contributed by atoms with E-state index in [9.17, 15) is 14.3 Å². The summed E-state index contributed by atoms with van der Waals surface area (Å²) >= 11 is 0. The predicted molar refractivity (Wildman–Crippen MR) is 66.9 cm³/mol. The van der Waals surface area contributed by atoms with Crippen LogP contribution in [0.3, 0.4) is 0 Å². The van der Waals surface area contributed by atoms with E-state index < -0.39 is 5.95 Å². The molecule has 1 aromatic heterocycles. The average Bonchev–Trinajstić information content (AvgIpc) is 2.99. The number of nitrogens with one attached hydrogen (secondary N) is 1. The van der Waals surface area contributed by atoms with E-state index in [0.29, 0.717) is 11.8 Å². The maximum atomic E-state index is 13.0. The molecule has 1 aromatic rings. The van der Waals surface area contributed by atoms with Gasteiger partial charge in [-0.05, 0) is 37.2 Å². The Bertz CT molecular complexity index is 494. The minimum atomic E-state index is -0.653. The van der Waals surface area contributed by atoms with Gasteiger partial charge in [-0.25, -0.2) is 4.98 Å². The molecule has 2 fully saturated rings. The molecule has 0 aliphatic heterocycles. The number of rotatable bonds is 3. The fourth-order valence-corrected chi connectivity index (χ4v) is 3.68. The Morgan fingerprint density at radius 3 is 3.00 bits per heavy atom. The van der Waals surface area contributed by atoms with Gasteiger partial charge in [-0.2, -0.15) is 4.39 Å². The molecule has 1 amide bonds. The third-order valence-electron chi connectivity index (χ3n) is 4.59. The van der Waals surface area contributed by atoms with Crippen LogP contribution >= 0.6 is 0 Å². The zero-order valence-electron chi connectivity index (χ0n) is 10.6. The summed E-state index contributed by atoms with van der Waals surface area (Å²) in [4.78, 5) is 15.5. The van der Waals surface area contributed by atoms with Gasteiger partial charge in [0.15, 0.2) is 0 Å². The van der Waals surface area contributed by atoms with Gasteiger partial charge in [-0.3, -0.25) is 4.79 Å². The third-order valence-corrected chi connectivity index (χ3v) is 4.59. The topological polar surface area (TPSA) is 62.2 Å². The van der Waals surface area contributed by atoms with E-state index in [1.807, 2.05) is 0 Å². The monoisotopic (exact) mass is 264 g/mol. The molecule has 0 radical (unpaired) electrons. The number of aromatic nitrogens is 1. The normalized spacial score (nSPS) is 32.5. The predicted octanol–water partition coefficient (Wildman–Crippen LogP) is 1.36. The van der Waals surface area contributed by atoms with Gasteiger partial charge in [0.05, 0.1) is 0 Å².